The Hall–Kier alpha value is -1.15. The summed E-state index contributed by atoms with van der Waals surface area (Å²) in [5.74, 6) is 0.349. The van der Waals surface area contributed by atoms with Crippen LogP contribution in [-0.2, 0) is 14.3 Å². The van der Waals surface area contributed by atoms with Crippen molar-refractivity contribution in [3.8, 4) is 0 Å². The van der Waals surface area contributed by atoms with Crippen LogP contribution in [0.3, 0.4) is 0 Å². The van der Waals surface area contributed by atoms with E-state index in [9.17, 15) is 9.59 Å². The minimum absolute atomic E-state index is 0.168. The first kappa shape index (κ1) is 9.41. The smallest absolute Gasteiger partial charge is 0.311 e. The molecule has 0 aromatic heterocycles. The number of carbonyl (C=O) groups is 1. The van der Waals surface area contributed by atoms with Gasteiger partial charge in [0.05, 0.1) is 19.1 Å². The molecule has 2 aliphatic carbocycles. The van der Waals surface area contributed by atoms with E-state index in [-0.39, 0.29) is 17.9 Å². The van der Waals surface area contributed by atoms with Crippen molar-refractivity contribution in [3.05, 3.63) is 0 Å². The molecule has 0 aliphatic heterocycles. The number of fused-ring (bicyclic) bond motifs is 2. The van der Waals surface area contributed by atoms with Crippen molar-refractivity contribution in [1.29, 1.82) is 0 Å². The lowest BCUT2D eigenvalue weighted by atomic mass is 9.85. The lowest BCUT2D eigenvalue weighted by Crippen LogP contribution is -2.33. The highest BCUT2D eigenvalue weighted by Crippen LogP contribution is 2.50. The molecule has 2 bridgehead atoms. The molecule has 0 saturated heterocycles. The maximum Gasteiger partial charge on any atom is 0.311 e. The minimum atomic E-state index is -0.221. The number of nitrogens with zero attached hydrogens (tertiary/aromatic N) is 1. The van der Waals surface area contributed by atoms with Gasteiger partial charge in [0.15, 0.2) is 0 Å². The van der Waals surface area contributed by atoms with E-state index in [2.05, 4.69) is 4.99 Å². The summed E-state index contributed by atoms with van der Waals surface area (Å²) in [5.41, 5.74) is 0. The summed E-state index contributed by atoms with van der Waals surface area (Å²) in [6, 6.07) is -0.168. The van der Waals surface area contributed by atoms with Crippen molar-refractivity contribution in [2.75, 3.05) is 7.11 Å². The first-order chi connectivity index (χ1) is 6.77. The number of hydrogen-bond acceptors (Lipinski definition) is 4. The van der Waals surface area contributed by atoms with Crippen molar-refractivity contribution in [3.63, 3.8) is 0 Å². The zero-order valence-electron chi connectivity index (χ0n) is 8.10. The van der Waals surface area contributed by atoms with E-state index < -0.39 is 0 Å². The van der Waals surface area contributed by atoms with Gasteiger partial charge < -0.3 is 4.74 Å². The third kappa shape index (κ3) is 1.26. The van der Waals surface area contributed by atoms with Crippen molar-refractivity contribution in [1.82, 2.24) is 0 Å². The van der Waals surface area contributed by atoms with Crippen LogP contribution in [0.15, 0.2) is 4.99 Å². The second kappa shape index (κ2) is 3.54. The summed E-state index contributed by atoms with van der Waals surface area (Å²) in [5, 5.41) is 0. The van der Waals surface area contributed by atoms with Gasteiger partial charge in [0.25, 0.3) is 0 Å². The van der Waals surface area contributed by atoms with Crippen LogP contribution in [0.1, 0.15) is 19.3 Å². The molecule has 0 aromatic carbocycles. The number of rotatable bonds is 2. The van der Waals surface area contributed by atoms with Crippen LogP contribution < -0.4 is 0 Å². The maximum absolute atomic E-state index is 11.5. The van der Waals surface area contributed by atoms with E-state index in [0.29, 0.717) is 11.8 Å². The van der Waals surface area contributed by atoms with Crippen LogP contribution in [0.25, 0.3) is 0 Å². The number of esters is 1. The Kier molecular flexibility index (Phi) is 2.38. The molecule has 0 heterocycles. The lowest BCUT2D eigenvalue weighted by Gasteiger charge is -2.24. The van der Waals surface area contributed by atoms with E-state index in [1.165, 1.54) is 7.11 Å². The van der Waals surface area contributed by atoms with Crippen molar-refractivity contribution < 1.29 is 14.3 Å². The van der Waals surface area contributed by atoms with Gasteiger partial charge in [-0.05, 0) is 31.1 Å². The lowest BCUT2D eigenvalue weighted by molar-refractivity contribution is -0.147. The Labute approximate surface area is 82.3 Å². The molecule has 4 nitrogen and oxygen atoms in total. The van der Waals surface area contributed by atoms with Crippen LogP contribution in [0.4, 0.5) is 0 Å². The molecule has 76 valence electrons. The van der Waals surface area contributed by atoms with Crippen LogP contribution in [0.2, 0.25) is 0 Å². The SMILES string of the molecule is COC(=O)C1C2CCC(C2)C1N=C=O. The van der Waals surface area contributed by atoms with E-state index in [1.807, 2.05) is 0 Å². The minimum Gasteiger partial charge on any atom is -0.469 e. The van der Waals surface area contributed by atoms with Gasteiger partial charge in [-0.2, -0.15) is 0 Å². The largest absolute Gasteiger partial charge is 0.469 e. The predicted octanol–water partition coefficient (Wildman–Crippen LogP) is 0.910. The zero-order chi connectivity index (χ0) is 10.1. The number of aliphatic imine (C=N–C) groups is 1. The Morgan fingerprint density at radius 1 is 1.43 bits per heavy atom. The summed E-state index contributed by atoms with van der Waals surface area (Å²) in [6.45, 7) is 0. The van der Waals surface area contributed by atoms with Crippen LogP contribution in [0.5, 0.6) is 0 Å². The highest BCUT2D eigenvalue weighted by Gasteiger charge is 2.51. The van der Waals surface area contributed by atoms with Gasteiger partial charge in [0.1, 0.15) is 0 Å². The average Bonchev–Trinajstić information content (AvgIpc) is 2.77. The number of isocyanates is 1. The summed E-state index contributed by atoms with van der Waals surface area (Å²) >= 11 is 0. The molecule has 2 rings (SSSR count). The van der Waals surface area contributed by atoms with E-state index in [1.54, 1.807) is 6.08 Å². The molecule has 2 aliphatic rings. The molecular formula is C10H13NO3. The Morgan fingerprint density at radius 3 is 2.79 bits per heavy atom. The van der Waals surface area contributed by atoms with Gasteiger partial charge in [0, 0.05) is 0 Å². The highest BCUT2D eigenvalue weighted by molar-refractivity contribution is 5.74. The summed E-state index contributed by atoms with van der Waals surface area (Å²) in [4.78, 5) is 25.5. The normalized spacial score (nSPS) is 39.2. The molecule has 0 spiro atoms. The summed E-state index contributed by atoms with van der Waals surface area (Å²) < 4.78 is 4.73. The average molecular weight is 195 g/mol. The van der Waals surface area contributed by atoms with Crippen molar-refractivity contribution in [2.45, 2.75) is 25.3 Å². The van der Waals surface area contributed by atoms with Gasteiger partial charge >= 0.3 is 5.97 Å². The summed E-state index contributed by atoms with van der Waals surface area (Å²) in [7, 11) is 1.38. The van der Waals surface area contributed by atoms with Gasteiger partial charge in [-0.15, -0.1) is 0 Å². The number of carbonyl (C=O) groups excluding carboxylic acids is 2. The van der Waals surface area contributed by atoms with Gasteiger partial charge in [-0.1, -0.05) is 0 Å². The zero-order valence-corrected chi connectivity index (χ0v) is 8.10. The van der Waals surface area contributed by atoms with Crippen molar-refractivity contribution >= 4 is 12.0 Å². The molecule has 4 unspecified atom stereocenters. The second-order valence-electron chi connectivity index (χ2n) is 4.09. The molecule has 14 heavy (non-hydrogen) atoms. The van der Waals surface area contributed by atoms with Gasteiger partial charge in [-0.25, -0.2) is 9.79 Å². The van der Waals surface area contributed by atoms with E-state index >= 15 is 0 Å². The fourth-order valence-corrected chi connectivity index (χ4v) is 2.98. The Morgan fingerprint density at radius 2 is 2.14 bits per heavy atom. The molecule has 0 radical (unpaired) electrons. The van der Waals surface area contributed by atoms with Crippen LogP contribution in [0, 0.1) is 17.8 Å². The van der Waals surface area contributed by atoms with Crippen LogP contribution >= 0.6 is 0 Å². The molecule has 2 saturated carbocycles. The standard InChI is InChI=1S/C10H13NO3/c1-14-10(13)8-6-2-3-7(4-6)9(8)11-5-12/h6-9H,2-4H2,1H3. The quantitative estimate of drug-likeness (QED) is 0.374. The van der Waals surface area contributed by atoms with Crippen LogP contribution in [-0.4, -0.2) is 25.2 Å². The Balaban J connectivity index is 2.21. The van der Waals surface area contributed by atoms with Gasteiger partial charge in [-0.3, -0.25) is 4.79 Å². The third-order valence-corrected chi connectivity index (χ3v) is 3.55. The monoisotopic (exact) mass is 195 g/mol. The molecule has 4 atom stereocenters. The fourth-order valence-electron chi connectivity index (χ4n) is 2.98. The summed E-state index contributed by atoms with van der Waals surface area (Å²) in [6.07, 6.45) is 4.72. The predicted molar refractivity (Wildman–Crippen MR) is 48.2 cm³/mol. The van der Waals surface area contributed by atoms with Crippen molar-refractivity contribution in [2.24, 2.45) is 22.7 Å². The first-order valence-electron chi connectivity index (χ1n) is 4.92. The highest BCUT2D eigenvalue weighted by atomic mass is 16.5. The number of ether oxygens (including phenoxy) is 1. The molecular weight excluding hydrogens is 182 g/mol. The van der Waals surface area contributed by atoms with E-state index in [0.717, 1.165) is 19.3 Å². The van der Waals surface area contributed by atoms with Gasteiger partial charge in [0.2, 0.25) is 6.08 Å². The third-order valence-electron chi connectivity index (χ3n) is 3.55. The molecule has 0 N–H and O–H groups in total. The topological polar surface area (TPSA) is 55.7 Å². The molecule has 2 fully saturated rings. The second-order valence-corrected chi connectivity index (χ2v) is 4.09. The van der Waals surface area contributed by atoms with E-state index in [4.69, 9.17) is 4.74 Å². The molecule has 0 aromatic rings. The Bertz CT molecular complexity index is 296. The number of hydrogen-bond donors (Lipinski definition) is 0. The molecule has 4 heteroatoms. The first-order valence-corrected chi connectivity index (χ1v) is 4.92. The fraction of sp³-hybridized carbons (Fsp3) is 0.800. The number of methoxy groups -OCH3 is 1. The maximum atomic E-state index is 11.5. The molecule has 0 amide bonds.